The second-order valence-electron chi connectivity index (χ2n) is 4.72. The van der Waals surface area contributed by atoms with Crippen LogP contribution >= 0.6 is 0 Å². The van der Waals surface area contributed by atoms with Gasteiger partial charge in [-0.1, -0.05) is 42.5 Å². The summed E-state index contributed by atoms with van der Waals surface area (Å²) in [6.07, 6.45) is 1.68. The van der Waals surface area contributed by atoms with E-state index in [4.69, 9.17) is 0 Å². The second-order valence-corrected chi connectivity index (χ2v) is 4.72. The van der Waals surface area contributed by atoms with Crippen LogP contribution in [-0.4, -0.2) is 9.55 Å². The summed E-state index contributed by atoms with van der Waals surface area (Å²) in [6.45, 7) is 0. The molecule has 0 aliphatic carbocycles. The highest BCUT2D eigenvalue weighted by atomic mass is 19.1. The Morgan fingerprint density at radius 2 is 1.65 bits per heavy atom. The van der Waals surface area contributed by atoms with Crippen LogP contribution < -0.4 is 0 Å². The Hall–Kier alpha value is -2.68. The Morgan fingerprint density at radius 1 is 0.850 bits per heavy atom. The minimum absolute atomic E-state index is 0.250. The predicted molar refractivity (Wildman–Crippen MR) is 78.5 cm³/mol. The first-order chi connectivity index (χ1) is 9.84. The maximum atomic E-state index is 14.0. The van der Waals surface area contributed by atoms with Crippen LogP contribution in [0.4, 0.5) is 4.39 Å². The zero-order valence-electron chi connectivity index (χ0n) is 10.6. The number of rotatable bonds is 1. The van der Waals surface area contributed by atoms with E-state index in [9.17, 15) is 4.39 Å². The molecule has 96 valence electrons. The summed E-state index contributed by atoms with van der Waals surface area (Å²) in [6, 6.07) is 18.8. The topological polar surface area (TPSA) is 17.8 Å². The van der Waals surface area contributed by atoms with Crippen LogP contribution in [0.1, 0.15) is 0 Å². The third-order valence-electron chi connectivity index (χ3n) is 3.54. The molecule has 0 saturated carbocycles. The fourth-order valence-corrected chi connectivity index (χ4v) is 2.61. The molecule has 0 amide bonds. The van der Waals surface area contributed by atoms with Gasteiger partial charge in [-0.05, 0) is 23.6 Å². The SMILES string of the molecule is Fc1ccccc1-n1cnc2ccc3ccccc3c21. The first-order valence-electron chi connectivity index (χ1n) is 6.44. The van der Waals surface area contributed by atoms with Crippen molar-refractivity contribution in [3.8, 4) is 5.69 Å². The van der Waals surface area contributed by atoms with Gasteiger partial charge in [0.1, 0.15) is 12.1 Å². The molecule has 3 aromatic carbocycles. The molecule has 2 nitrogen and oxygen atoms in total. The largest absolute Gasteiger partial charge is 0.295 e. The highest BCUT2D eigenvalue weighted by Crippen LogP contribution is 2.27. The van der Waals surface area contributed by atoms with Gasteiger partial charge in [0.15, 0.2) is 0 Å². The Balaban J connectivity index is 2.16. The van der Waals surface area contributed by atoms with Crippen molar-refractivity contribution in [2.24, 2.45) is 0 Å². The molecule has 1 heterocycles. The molecule has 0 bridgehead atoms. The lowest BCUT2D eigenvalue weighted by molar-refractivity contribution is 0.619. The second kappa shape index (κ2) is 4.17. The summed E-state index contributed by atoms with van der Waals surface area (Å²) < 4.78 is 15.8. The molecule has 0 unspecified atom stereocenters. The number of para-hydroxylation sites is 1. The normalized spacial score (nSPS) is 11.2. The molecular formula is C17H11FN2. The number of halogens is 1. The van der Waals surface area contributed by atoms with Gasteiger partial charge in [0, 0.05) is 5.39 Å². The van der Waals surface area contributed by atoms with E-state index in [1.807, 2.05) is 47.0 Å². The maximum Gasteiger partial charge on any atom is 0.147 e. The number of hydrogen-bond donors (Lipinski definition) is 0. The zero-order valence-corrected chi connectivity index (χ0v) is 10.6. The molecule has 0 spiro atoms. The van der Waals surface area contributed by atoms with Crippen molar-refractivity contribution < 1.29 is 4.39 Å². The van der Waals surface area contributed by atoms with Crippen molar-refractivity contribution in [1.82, 2.24) is 9.55 Å². The fraction of sp³-hybridized carbons (Fsp3) is 0. The Kier molecular flexibility index (Phi) is 2.33. The molecule has 3 heteroatoms. The summed E-state index contributed by atoms with van der Waals surface area (Å²) in [7, 11) is 0. The van der Waals surface area contributed by atoms with Crippen LogP contribution in [-0.2, 0) is 0 Å². The van der Waals surface area contributed by atoms with Crippen LogP contribution in [0.3, 0.4) is 0 Å². The first kappa shape index (κ1) is 11.2. The fourth-order valence-electron chi connectivity index (χ4n) is 2.61. The van der Waals surface area contributed by atoms with E-state index in [0.717, 1.165) is 21.8 Å². The number of hydrogen-bond acceptors (Lipinski definition) is 1. The van der Waals surface area contributed by atoms with E-state index in [1.165, 1.54) is 6.07 Å². The summed E-state index contributed by atoms with van der Waals surface area (Å²) in [4.78, 5) is 4.38. The van der Waals surface area contributed by atoms with Gasteiger partial charge in [-0.3, -0.25) is 4.57 Å². The van der Waals surface area contributed by atoms with E-state index in [1.54, 1.807) is 18.5 Å². The molecule has 0 fully saturated rings. The van der Waals surface area contributed by atoms with E-state index in [0.29, 0.717) is 5.69 Å². The monoisotopic (exact) mass is 262 g/mol. The van der Waals surface area contributed by atoms with Crippen molar-refractivity contribution in [1.29, 1.82) is 0 Å². The van der Waals surface area contributed by atoms with E-state index < -0.39 is 0 Å². The molecule has 0 aliphatic rings. The van der Waals surface area contributed by atoms with E-state index in [-0.39, 0.29) is 5.82 Å². The summed E-state index contributed by atoms with van der Waals surface area (Å²) in [5.74, 6) is -0.250. The van der Waals surface area contributed by atoms with Crippen molar-refractivity contribution in [2.45, 2.75) is 0 Å². The smallest absolute Gasteiger partial charge is 0.147 e. The lowest BCUT2D eigenvalue weighted by Gasteiger charge is -2.07. The van der Waals surface area contributed by atoms with Gasteiger partial charge in [0.05, 0.1) is 16.7 Å². The van der Waals surface area contributed by atoms with Crippen LogP contribution in [0.2, 0.25) is 0 Å². The number of nitrogens with zero attached hydrogens (tertiary/aromatic N) is 2. The van der Waals surface area contributed by atoms with Crippen molar-refractivity contribution in [3.05, 3.63) is 72.8 Å². The molecule has 0 atom stereocenters. The maximum absolute atomic E-state index is 14.0. The zero-order chi connectivity index (χ0) is 13.5. The molecule has 4 aromatic rings. The van der Waals surface area contributed by atoms with Crippen molar-refractivity contribution in [3.63, 3.8) is 0 Å². The minimum atomic E-state index is -0.250. The average Bonchev–Trinajstić information content (AvgIpc) is 2.92. The third-order valence-corrected chi connectivity index (χ3v) is 3.54. The van der Waals surface area contributed by atoms with Crippen LogP contribution in [0.15, 0.2) is 67.0 Å². The van der Waals surface area contributed by atoms with Gasteiger partial charge in [0.2, 0.25) is 0 Å². The Bertz CT molecular complexity index is 924. The van der Waals surface area contributed by atoms with Crippen molar-refractivity contribution in [2.75, 3.05) is 0 Å². The molecular weight excluding hydrogens is 251 g/mol. The standard InChI is InChI=1S/C17H11FN2/c18-14-7-3-4-8-16(14)20-11-19-15-10-9-12-5-1-2-6-13(12)17(15)20/h1-11H. The van der Waals surface area contributed by atoms with Gasteiger partial charge in [-0.2, -0.15) is 0 Å². The van der Waals surface area contributed by atoms with Gasteiger partial charge < -0.3 is 0 Å². The van der Waals surface area contributed by atoms with Crippen LogP contribution in [0, 0.1) is 5.82 Å². The van der Waals surface area contributed by atoms with Crippen LogP contribution in [0.5, 0.6) is 0 Å². The molecule has 0 radical (unpaired) electrons. The number of benzene rings is 3. The van der Waals surface area contributed by atoms with E-state index in [2.05, 4.69) is 4.98 Å². The highest BCUT2D eigenvalue weighted by molar-refractivity contribution is 6.04. The quantitative estimate of drug-likeness (QED) is 0.499. The minimum Gasteiger partial charge on any atom is -0.295 e. The Morgan fingerprint density at radius 3 is 2.55 bits per heavy atom. The summed E-state index contributed by atoms with van der Waals surface area (Å²) in [5.41, 5.74) is 2.33. The van der Waals surface area contributed by atoms with Gasteiger partial charge in [-0.25, -0.2) is 9.37 Å². The lowest BCUT2D eigenvalue weighted by atomic mass is 10.1. The van der Waals surface area contributed by atoms with Gasteiger partial charge in [-0.15, -0.1) is 0 Å². The molecule has 0 N–H and O–H groups in total. The van der Waals surface area contributed by atoms with Crippen molar-refractivity contribution >= 4 is 21.8 Å². The third kappa shape index (κ3) is 1.53. The molecule has 1 aromatic heterocycles. The molecule has 4 rings (SSSR count). The Labute approximate surface area is 115 Å². The summed E-state index contributed by atoms with van der Waals surface area (Å²) in [5, 5.41) is 2.20. The average molecular weight is 262 g/mol. The number of imidazole rings is 1. The number of aromatic nitrogens is 2. The van der Waals surface area contributed by atoms with E-state index >= 15 is 0 Å². The molecule has 20 heavy (non-hydrogen) atoms. The number of fused-ring (bicyclic) bond motifs is 3. The lowest BCUT2D eigenvalue weighted by Crippen LogP contribution is -1.96. The summed E-state index contributed by atoms with van der Waals surface area (Å²) >= 11 is 0. The van der Waals surface area contributed by atoms with Gasteiger partial charge in [0.25, 0.3) is 0 Å². The first-order valence-corrected chi connectivity index (χ1v) is 6.44. The molecule has 0 saturated heterocycles. The van der Waals surface area contributed by atoms with Crippen LogP contribution in [0.25, 0.3) is 27.5 Å². The highest BCUT2D eigenvalue weighted by Gasteiger charge is 2.10. The predicted octanol–water partition coefficient (Wildman–Crippen LogP) is 4.32. The molecule has 0 aliphatic heterocycles. The van der Waals surface area contributed by atoms with Gasteiger partial charge >= 0.3 is 0 Å².